The fraction of sp³-hybridized carbons (Fsp3) is 0.750. The maximum atomic E-state index is 6.14. The number of allylic oxidation sites excluding steroid dienone is 2. The summed E-state index contributed by atoms with van der Waals surface area (Å²) < 4.78 is 0. The van der Waals surface area contributed by atoms with Crippen LogP contribution < -0.4 is 0 Å². The number of alkyl halides is 1. The molecule has 0 nitrogen and oxygen atoms in total. The normalized spacial score (nSPS) is 43.2. The van der Waals surface area contributed by atoms with Crippen LogP contribution in [0.5, 0.6) is 0 Å². The van der Waals surface area contributed by atoms with Gasteiger partial charge in [-0.1, -0.05) is 19.1 Å². The topological polar surface area (TPSA) is 0 Å². The zero-order valence-corrected chi connectivity index (χ0v) is 6.78. The molecule has 0 N–H and O–H groups in total. The van der Waals surface area contributed by atoms with Gasteiger partial charge in [-0.15, -0.1) is 11.6 Å². The third-order valence-electron chi connectivity index (χ3n) is 2.17. The largest absolute Gasteiger partial charge is 0.115 e. The van der Waals surface area contributed by atoms with Crippen LogP contribution in [0.3, 0.4) is 0 Å². The molecule has 2 unspecified atom stereocenters. The van der Waals surface area contributed by atoms with Crippen molar-refractivity contribution in [1.82, 2.24) is 0 Å². The summed E-state index contributed by atoms with van der Waals surface area (Å²) >= 11 is 6.14. The van der Waals surface area contributed by atoms with E-state index in [0.29, 0.717) is 5.92 Å². The Labute approximate surface area is 61.9 Å². The predicted octanol–water partition coefficient (Wildman–Crippen LogP) is 2.97. The molecular weight excluding hydrogens is 132 g/mol. The van der Waals surface area contributed by atoms with Crippen LogP contribution in [0, 0.1) is 5.92 Å². The van der Waals surface area contributed by atoms with Gasteiger partial charge in [0.15, 0.2) is 0 Å². The van der Waals surface area contributed by atoms with E-state index in [2.05, 4.69) is 26.0 Å². The second-order valence-electron chi connectivity index (χ2n) is 3.03. The molecule has 1 aliphatic carbocycles. The van der Waals surface area contributed by atoms with Crippen LogP contribution in [-0.4, -0.2) is 4.87 Å². The molecule has 0 bridgehead atoms. The summed E-state index contributed by atoms with van der Waals surface area (Å²) in [4.78, 5) is -0.0712. The van der Waals surface area contributed by atoms with Crippen LogP contribution in [0.15, 0.2) is 12.2 Å². The molecule has 0 heterocycles. The molecule has 0 aromatic rings. The standard InChI is InChI=1S/C8H13Cl/c1-7-5-3-4-6-8(7,2)9/h4,6-7H,3,5H2,1-2H3. The molecule has 1 rings (SSSR count). The van der Waals surface area contributed by atoms with E-state index in [4.69, 9.17) is 11.6 Å². The van der Waals surface area contributed by atoms with Gasteiger partial charge in [-0.25, -0.2) is 0 Å². The van der Waals surface area contributed by atoms with Gasteiger partial charge in [0.05, 0.1) is 4.87 Å². The maximum Gasteiger partial charge on any atom is 0.0623 e. The lowest BCUT2D eigenvalue weighted by molar-refractivity contribution is 0.441. The van der Waals surface area contributed by atoms with Crippen LogP contribution in [0.2, 0.25) is 0 Å². The van der Waals surface area contributed by atoms with E-state index in [9.17, 15) is 0 Å². The van der Waals surface area contributed by atoms with Crippen molar-refractivity contribution in [1.29, 1.82) is 0 Å². The van der Waals surface area contributed by atoms with E-state index in [0.717, 1.165) is 0 Å². The average molecular weight is 145 g/mol. The molecular formula is C8H13Cl. The van der Waals surface area contributed by atoms with E-state index >= 15 is 0 Å². The molecule has 0 saturated heterocycles. The number of hydrogen-bond donors (Lipinski definition) is 0. The Kier molecular flexibility index (Phi) is 1.85. The van der Waals surface area contributed by atoms with Crippen LogP contribution >= 0.6 is 11.6 Å². The summed E-state index contributed by atoms with van der Waals surface area (Å²) in [7, 11) is 0. The SMILES string of the molecule is CC1CCC=CC1(C)Cl. The fourth-order valence-corrected chi connectivity index (χ4v) is 1.30. The number of halogens is 1. The smallest absolute Gasteiger partial charge is 0.0623 e. The first-order chi connectivity index (χ1) is 4.13. The van der Waals surface area contributed by atoms with Crippen molar-refractivity contribution in [3.63, 3.8) is 0 Å². The molecule has 0 saturated carbocycles. The molecule has 0 radical (unpaired) electrons. The summed E-state index contributed by atoms with van der Waals surface area (Å²) in [6.07, 6.45) is 6.72. The van der Waals surface area contributed by atoms with Gasteiger partial charge in [0.25, 0.3) is 0 Å². The van der Waals surface area contributed by atoms with E-state index < -0.39 is 0 Å². The van der Waals surface area contributed by atoms with Gasteiger partial charge in [-0.2, -0.15) is 0 Å². The Balaban J connectivity index is 2.68. The fourth-order valence-electron chi connectivity index (χ4n) is 1.11. The predicted molar refractivity (Wildman–Crippen MR) is 41.8 cm³/mol. The highest BCUT2D eigenvalue weighted by Gasteiger charge is 2.26. The molecule has 1 heteroatoms. The van der Waals surface area contributed by atoms with Crippen molar-refractivity contribution in [2.45, 2.75) is 31.6 Å². The lowest BCUT2D eigenvalue weighted by atomic mass is 9.86. The molecule has 2 atom stereocenters. The number of hydrogen-bond acceptors (Lipinski definition) is 0. The van der Waals surface area contributed by atoms with E-state index in [1.807, 2.05) is 0 Å². The second-order valence-corrected chi connectivity index (χ2v) is 3.85. The average Bonchev–Trinajstić information content (AvgIpc) is 1.77. The van der Waals surface area contributed by atoms with Crippen LogP contribution in [0.25, 0.3) is 0 Å². The zero-order chi connectivity index (χ0) is 6.91. The van der Waals surface area contributed by atoms with E-state index in [1.165, 1.54) is 12.8 Å². The van der Waals surface area contributed by atoms with Gasteiger partial charge in [-0.3, -0.25) is 0 Å². The third-order valence-corrected chi connectivity index (χ3v) is 2.67. The van der Waals surface area contributed by atoms with Crippen molar-refractivity contribution < 1.29 is 0 Å². The number of rotatable bonds is 0. The first-order valence-electron chi connectivity index (χ1n) is 3.49. The molecule has 9 heavy (non-hydrogen) atoms. The summed E-state index contributed by atoms with van der Waals surface area (Å²) in [6, 6.07) is 0. The van der Waals surface area contributed by atoms with Crippen molar-refractivity contribution >= 4 is 11.6 Å². The lowest BCUT2D eigenvalue weighted by Gasteiger charge is -2.28. The van der Waals surface area contributed by atoms with Crippen molar-refractivity contribution in [2.24, 2.45) is 5.92 Å². The van der Waals surface area contributed by atoms with Gasteiger partial charge < -0.3 is 0 Å². The Morgan fingerprint density at radius 3 is 2.67 bits per heavy atom. The Bertz CT molecular complexity index is 125. The minimum absolute atomic E-state index is 0.0712. The molecule has 0 fully saturated rings. The van der Waals surface area contributed by atoms with Crippen LogP contribution in [-0.2, 0) is 0 Å². The minimum atomic E-state index is -0.0712. The molecule has 0 amide bonds. The molecule has 0 aliphatic heterocycles. The summed E-state index contributed by atoms with van der Waals surface area (Å²) in [5.74, 6) is 0.629. The maximum absolute atomic E-state index is 6.14. The zero-order valence-electron chi connectivity index (χ0n) is 6.02. The quantitative estimate of drug-likeness (QED) is 0.362. The Morgan fingerprint density at radius 2 is 2.33 bits per heavy atom. The van der Waals surface area contributed by atoms with E-state index in [1.54, 1.807) is 0 Å². The summed E-state index contributed by atoms with van der Waals surface area (Å²) in [6.45, 7) is 4.28. The first kappa shape index (κ1) is 7.14. The van der Waals surface area contributed by atoms with Crippen molar-refractivity contribution in [2.75, 3.05) is 0 Å². The van der Waals surface area contributed by atoms with Gasteiger partial charge in [-0.05, 0) is 25.7 Å². The van der Waals surface area contributed by atoms with Gasteiger partial charge in [0.2, 0.25) is 0 Å². The van der Waals surface area contributed by atoms with Crippen LogP contribution in [0.1, 0.15) is 26.7 Å². The first-order valence-corrected chi connectivity index (χ1v) is 3.87. The second kappa shape index (κ2) is 2.34. The van der Waals surface area contributed by atoms with Gasteiger partial charge >= 0.3 is 0 Å². The highest BCUT2D eigenvalue weighted by Crippen LogP contribution is 2.33. The minimum Gasteiger partial charge on any atom is -0.115 e. The molecule has 1 aliphatic rings. The monoisotopic (exact) mass is 144 g/mol. The Morgan fingerprint density at radius 1 is 1.67 bits per heavy atom. The Hall–Kier alpha value is 0.0300. The van der Waals surface area contributed by atoms with E-state index in [-0.39, 0.29) is 4.87 Å². The van der Waals surface area contributed by atoms with Gasteiger partial charge in [0.1, 0.15) is 0 Å². The van der Waals surface area contributed by atoms with Crippen molar-refractivity contribution in [3.05, 3.63) is 12.2 Å². The molecule has 0 aromatic carbocycles. The molecule has 0 aromatic heterocycles. The van der Waals surface area contributed by atoms with Gasteiger partial charge in [0, 0.05) is 0 Å². The third kappa shape index (κ3) is 1.48. The molecule has 52 valence electrons. The summed E-state index contributed by atoms with van der Waals surface area (Å²) in [5, 5.41) is 0. The highest BCUT2D eigenvalue weighted by atomic mass is 35.5. The molecule has 0 spiro atoms. The summed E-state index contributed by atoms with van der Waals surface area (Å²) in [5.41, 5.74) is 0. The lowest BCUT2D eigenvalue weighted by Crippen LogP contribution is -2.25. The van der Waals surface area contributed by atoms with Crippen LogP contribution in [0.4, 0.5) is 0 Å². The highest BCUT2D eigenvalue weighted by molar-refractivity contribution is 6.25. The van der Waals surface area contributed by atoms with Crippen molar-refractivity contribution in [3.8, 4) is 0 Å².